The van der Waals surface area contributed by atoms with Crippen LogP contribution in [0.3, 0.4) is 0 Å². The molecule has 29 heavy (non-hydrogen) atoms. The lowest BCUT2D eigenvalue weighted by Gasteiger charge is -2.26. The van der Waals surface area contributed by atoms with Gasteiger partial charge in [-0.25, -0.2) is 18.5 Å². The number of phosphoric ester groups is 1. The molecule has 0 saturated heterocycles. The smallest absolute Gasteiger partial charge is 0.342 e. The van der Waals surface area contributed by atoms with E-state index in [1.54, 1.807) is 0 Å². The fourth-order valence-corrected chi connectivity index (χ4v) is 5.27. The van der Waals surface area contributed by atoms with Gasteiger partial charge >= 0.3 is 29.2 Å². The standard InChI is InChI=1S/C11H17N2O13P3/c1-7-5-13(10(15)12-9(7)14)8-3-4-11(2,24-8)6-23-28(19,20)26-29(21,22)25-27(16,17)18/h3-5,8H,6H2,1-2H3,(H,19,20)(H,21,22)(H,12,14,15)(H2,16,17,18)/t8-,11+/m1/s1. The number of nitrogens with zero attached hydrogens (tertiary/aromatic N) is 1. The van der Waals surface area contributed by atoms with Gasteiger partial charge in [-0.05, 0) is 19.9 Å². The number of rotatable bonds is 8. The zero-order chi connectivity index (χ0) is 22.3. The van der Waals surface area contributed by atoms with E-state index in [0.717, 1.165) is 4.57 Å². The van der Waals surface area contributed by atoms with Crippen molar-refractivity contribution in [2.45, 2.75) is 25.7 Å². The Bertz CT molecular complexity index is 1070. The van der Waals surface area contributed by atoms with Crippen molar-refractivity contribution in [3.05, 3.63) is 44.8 Å². The van der Waals surface area contributed by atoms with Crippen LogP contribution in [0.2, 0.25) is 0 Å². The maximum absolute atomic E-state index is 11.9. The summed E-state index contributed by atoms with van der Waals surface area (Å²) in [6.45, 7) is 2.10. The first-order chi connectivity index (χ1) is 13.0. The maximum atomic E-state index is 11.9. The molecule has 0 spiro atoms. The summed E-state index contributed by atoms with van der Waals surface area (Å²) in [7, 11) is -16.5. The first kappa shape index (κ1) is 24.1. The number of hydrogen-bond donors (Lipinski definition) is 5. The second-order valence-electron chi connectivity index (χ2n) is 6.02. The highest BCUT2D eigenvalue weighted by Crippen LogP contribution is 2.66. The van der Waals surface area contributed by atoms with Gasteiger partial charge in [0.25, 0.3) is 5.56 Å². The molecule has 0 fully saturated rings. The van der Waals surface area contributed by atoms with Gasteiger partial charge in [0, 0.05) is 11.8 Å². The number of phosphoric acid groups is 3. The van der Waals surface area contributed by atoms with Gasteiger partial charge in [0.15, 0.2) is 6.23 Å². The highest BCUT2D eigenvalue weighted by molar-refractivity contribution is 7.66. The number of nitrogens with one attached hydrogen (secondary N) is 1. The van der Waals surface area contributed by atoms with Crippen molar-refractivity contribution >= 4 is 23.5 Å². The molecule has 1 aliphatic rings. The lowest BCUT2D eigenvalue weighted by molar-refractivity contribution is -0.0717. The van der Waals surface area contributed by atoms with Gasteiger partial charge < -0.3 is 24.3 Å². The number of H-pyrrole nitrogens is 1. The zero-order valence-corrected chi connectivity index (χ0v) is 17.5. The minimum absolute atomic E-state index is 0.225. The Morgan fingerprint density at radius 1 is 1.17 bits per heavy atom. The summed E-state index contributed by atoms with van der Waals surface area (Å²) >= 11 is 0. The van der Waals surface area contributed by atoms with E-state index >= 15 is 0 Å². The third-order valence-corrected chi connectivity index (χ3v) is 7.14. The maximum Gasteiger partial charge on any atom is 0.490 e. The number of aromatic amines is 1. The van der Waals surface area contributed by atoms with E-state index in [1.807, 2.05) is 0 Å². The SMILES string of the molecule is Cc1cn([C@H]2C=C[C@@](C)(COP(=O)(O)OP(=O)(O)OP(=O)(O)O)O2)c(=O)[nH]c1=O. The van der Waals surface area contributed by atoms with Crippen LogP contribution in [0, 0.1) is 6.92 Å². The first-order valence-electron chi connectivity index (χ1n) is 7.48. The number of ether oxygens (including phenoxy) is 1. The van der Waals surface area contributed by atoms with Crippen LogP contribution in [0.5, 0.6) is 0 Å². The Labute approximate surface area is 162 Å². The van der Waals surface area contributed by atoms with Crippen molar-refractivity contribution < 1.29 is 51.2 Å². The second kappa shape index (κ2) is 8.14. The van der Waals surface area contributed by atoms with E-state index in [0.29, 0.717) is 0 Å². The molecule has 4 atom stereocenters. The lowest BCUT2D eigenvalue weighted by atomic mass is 10.1. The van der Waals surface area contributed by atoms with Crippen molar-refractivity contribution in [2.24, 2.45) is 0 Å². The van der Waals surface area contributed by atoms with E-state index in [-0.39, 0.29) is 5.56 Å². The third kappa shape index (κ3) is 6.92. The van der Waals surface area contributed by atoms with Gasteiger partial charge in [0.2, 0.25) is 0 Å². The monoisotopic (exact) mass is 478 g/mol. The van der Waals surface area contributed by atoms with Gasteiger partial charge in [-0.3, -0.25) is 18.9 Å². The topological polar surface area (TPSA) is 224 Å². The van der Waals surface area contributed by atoms with E-state index < -0.39 is 53.2 Å². The van der Waals surface area contributed by atoms with Crippen LogP contribution in [0.25, 0.3) is 0 Å². The van der Waals surface area contributed by atoms with Crippen LogP contribution < -0.4 is 11.2 Å². The van der Waals surface area contributed by atoms with E-state index in [1.165, 1.54) is 32.2 Å². The summed E-state index contributed by atoms with van der Waals surface area (Å²) in [5, 5.41) is 0. The van der Waals surface area contributed by atoms with Crippen LogP contribution in [-0.2, 0) is 31.6 Å². The van der Waals surface area contributed by atoms with Crippen molar-refractivity contribution in [1.29, 1.82) is 0 Å². The molecule has 0 aromatic carbocycles. The van der Waals surface area contributed by atoms with Crippen molar-refractivity contribution in [3.63, 3.8) is 0 Å². The van der Waals surface area contributed by atoms with Crippen LogP contribution in [0.1, 0.15) is 18.7 Å². The Morgan fingerprint density at radius 3 is 2.38 bits per heavy atom. The minimum atomic E-state index is -5.63. The fourth-order valence-electron chi connectivity index (χ4n) is 2.16. The summed E-state index contributed by atoms with van der Waals surface area (Å²) in [5.74, 6) is 0. The molecule has 0 bridgehead atoms. The van der Waals surface area contributed by atoms with Gasteiger partial charge in [0.05, 0.1) is 6.61 Å². The van der Waals surface area contributed by atoms with Crippen LogP contribution in [0.15, 0.2) is 27.9 Å². The van der Waals surface area contributed by atoms with Crippen molar-refractivity contribution in [1.82, 2.24) is 9.55 Å². The average Bonchev–Trinajstić information content (AvgIpc) is 2.88. The van der Waals surface area contributed by atoms with Crippen molar-refractivity contribution in [2.75, 3.05) is 6.61 Å². The molecule has 164 valence electrons. The molecular formula is C11H17N2O13P3. The molecule has 0 aliphatic carbocycles. The Balaban J connectivity index is 2.05. The lowest BCUT2D eigenvalue weighted by Crippen LogP contribution is -2.36. The van der Waals surface area contributed by atoms with Crippen molar-refractivity contribution in [3.8, 4) is 0 Å². The molecule has 0 saturated carbocycles. The normalized spacial score (nSPS) is 26.2. The minimum Gasteiger partial charge on any atom is -0.342 e. The largest absolute Gasteiger partial charge is 0.490 e. The van der Waals surface area contributed by atoms with Crippen LogP contribution in [-0.4, -0.2) is 41.3 Å². The summed E-state index contributed by atoms with van der Waals surface area (Å²) in [4.78, 5) is 60.9. The quantitative estimate of drug-likeness (QED) is 0.246. The Morgan fingerprint density at radius 2 is 1.79 bits per heavy atom. The van der Waals surface area contributed by atoms with Crippen LogP contribution in [0.4, 0.5) is 0 Å². The summed E-state index contributed by atoms with van der Waals surface area (Å²) in [5.41, 5.74) is -2.54. The molecule has 15 nitrogen and oxygen atoms in total. The molecule has 0 amide bonds. The molecule has 2 rings (SSSR count). The summed E-state index contributed by atoms with van der Waals surface area (Å²) < 4.78 is 52.0. The molecule has 18 heteroatoms. The molecular weight excluding hydrogens is 461 g/mol. The summed E-state index contributed by atoms with van der Waals surface area (Å²) in [6.07, 6.45) is 2.98. The zero-order valence-electron chi connectivity index (χ0n) is 14.8. The highest BCUT2D eigenvalue weighted by atomic mass is 31.3. The first-order valence-corrected chi connectivity index (χ1v) is 12.0. The predicted octanol–water partition coefficient (Wildman–Crippen LogP) is 0.0320. The second-order valence-corrected chi connectivity index (χ2v) is 10.4. The molecule has 1 aliphatic heterocycles. The molecule has 1 aromatic rings. The Kier molecular flexibility index (Phi) is 6.75. The van der Waals surface area contributed by atoms with Crippen LogP contribution >= 0.6 is 23.5 Å². The van der Waals surface area contributed by atoms with E-state index in [9.17, 15) is 28.2 Å². The molecule has 2 heterocycles. The molecule has 2 unspecified atom stereocenters. The van der Waals surface area contributed by atoms with Gasteiger partial charge in [-0.15, -0.1) is 0 Å². The average molecular weight is 478 g/mol. The highest BCUT2D eigenvalue weighted by Gasteiger charge is 2.42. The number of aromatic nitrogens is 2. The molecule has 0 radical (unpaired) electrons. The van der Waals surface area contributed by atoms with Gasteiger partial charge in [-0.1, -0.05) is 6.08 Å². The third-order valence-electron chi connectivity index (χ3n) is 3.35. The van der Waals surface area contributed by atoms with E-state index in [4.69, 9.17) is 19.4 Å². The Hall–Kier alpha value is -1.21. The number of aryl methyl sites for hydroxylation is 1. The van der Waals surface area contributed by atoms with E-state index in [2.05, 4.69) is 18.1 Å². The molecule has 5 N–H and O–H groups in total. The number of hydrogen-bond acceptors (Lipinski definition) is 9. The summed E-state index contributed by atoms with van der Waals surface area (Å²) in [6, 6.07) is 0. The van der Waals surface area contributed by atoms with Gasteiger partial charge in [-0.2, -0.15) is 8.62 Å². The fraction of sp³-hybridized carbons (Fsp3) is 0.455. The predicted molar refractivity (Wildman–Crippen MR) is 93.5 cm³/mol. The van der Waals surface area contributed by atoms with Gasteiger partial charge in [0.1, 0.15) is 5.60 Å². The molecule has 1 aromatic heterocycles.